The Morgan fingerprint density at radius 1 is 1.50 bits per heavy atom. The molecule has 5 nitrogen and oxygen atoms in total. The first kappa shape index (κ1) is 17.0. The molecular weight excluding hydrogens is 324 g/mol. The minimum Gasteiger partial charge on any atom is -0.467 e. The van der Waals surface area contributed by atoms with Crippen LogP contribution in [0.5, 0.6) is 0 Å². The molecule has 2 N–H and O–H groups in total. The van der Waals surface area contributed by atoms with Gasteiger partial charge in [0, 0.05) is 36.3 Å². The molecule has 3 unspecified atom stereocenters. The van der Waals surface area contributed by atoms with Crippen LogP contribution in [0.15, 0.2) is 40.3 Å². The number of amides is 2. The summed E-state index contributed by atoms with van der Waals surface area (Å²) in [6.45, 7) is 3.49. The number of aliphatic hydroxyl groups is 1. The molecule has 1 aliphatic heterocycles. The highest BCUT2D eigenvalue weighted by Gasteiger charge is 2.31. The predicted octanol–water partition coefficient (Wildman–Crippen LogP) is 3.74. The second kappa shape index (κ2) is 7.85. The van der Waals surface area contributed by atoms with Gasteiger partial charge in [-0.2, -0.15) is 0 Å². The highest BCUT2D eigenvalue weighted by Crippen LogP contribution is 2.28. The molecule has 1 fully saturated rings. The average Bonchev–Trinajstić information content (AvgIpc) is 3.33. The van der Waals surface area contributed by atoms with E-state index in [0.717, 1.165) is 19.4 Å². The van der Waals surface area contributed by atoms with Crippen molar-refractivity contribution in [3.05, 3.63) is 46.5 Å². The number of hydrogen-bond donors (Lipinski definition) is 2. The largest absolute Gasteiger partial charge is 0.467 e. The highest BCUT2D eigenvalue weighted by molar-refractivity contribution is 7.10. The Kier molecular flexibility index (Phi) is 5.58. The summed E-state index contributed by atoms with van der Waals surface area (Å²) in [5, 5.41) is 15.4. The van der Waals surface area contributed by atoms with E-state index in [-0.39, 0.29) is 12.1 Å². The number of aliphatic hydroxyl groups excluding tert-OH is 1. The number of nitrogens with one attached hydrogen (secondary N) is 1. The fourth-order valence-corrected chi connectivity index (χ4v) is 4.00. The van der Waals surface area contributed by atoms with Crippen LogP contribution in [0.25, 0.3) is 0 Å². The molecule has 6 heteroatoms. The van der Waals surface area contributed by atoms with Crippen LogP contribution in [0.2, 0.25) is 0 Å². The molecule has 130 valence electrons. The third-order valence-corrected chi connectivity index (χ3v) is 5.70. The third-order valence-electron chi connectivity index (χ3n) is 4.59. The standard InChI is InChI=1S/C18H24N2O3S/c1-13(17-7-4-10-24-17)12-19-18(22)20-8-2-5-14(20)11-15(21)16-6-3-9-23-16/h3-4,6-7,9-10,13-15,21H,2,5,8,11-12H2,1H3,(H,19,22). The third kappa shape index (κ3) is 3.99. The van der Waals surface area contributed by atoms with Gasteiger partial charge in [-0.3, -0.25) is 0 Å². The molecule has 3 heterocycles. The van der Waals surface area contributed by atoms with Crippen LogP contribution in [0.1, 0.15) is 48.8 Å². The van der Waals surface area contributed by atoms with Crippen molar-refractivity contribution in [1.82, 2.24) is 10.2 Å². The summed E-state index contributed by atoms with van der Waals surface area (Å²) in [7, 11) is 0. The maximum absolute atomic E-state index is 12.5. The quantitative estimate of drug-likeness (QED) is 0.836. The van der Waals surface area contributed by atoms with Gasteiger partial charge in [-0.1, -0.05) is 13.0 Å². The van der Waals surface area contributed by atoms with Gasteiger partial charge in [0.1, 0.15) is 11.9 Å². The minimum atomic E-state index is -0.663. The molecule has 3 atom stereocenters. The fourth-order valence-electron chi connectivity index (χ4n) is 3.22. The van der Waals surface area contributed by atoms with Gasteiger partial charge in [0.2, 0.25) is 0 Å². The van der Waals surface area contributed by atoms with Crippen LogP contribution in [-0.2, 0) is 0 Å². The number of hydrogen-bond acceptors (Lipinski definition) is 4. The van der Waals surface area contributed by atoms with Gasteiger partial charge in [0.25, 0.3) is 0 Å². The van der Waals surface area contributed by atoms with E-state index in [1.54, 1.807) is 29.7 Å². The topological polar surface area (TPSA) is 65.7 Å². The lowest BCUT2D eigenvalue weighted by molar-refractivity contribution is 0.108. The Balaban J connectivity index is 1.51. The van der Waals surface area contributed by atoms with E-state index in [4.69, 9.17) is 4.42 Å². The van der Waals surface area contributed by atoms with Gasteiger partial charge in [0.05, 0.1) is 6.26 Å². The number of rotatable bonds is 6. The van der Waals surface area contributed by atoms with Crippen molar-refractivity contribution in [3.8, 4) is 0 Å². The Morgan fingerprint density at radius 2 is 2.38 bits per heavy atom. The highest BCUT2D eigenvalue weighted by atomic mass is 32.1. The number of furan rings is 1. The van der Waals surface area contributed by atoms with Crippen LogP contribution >= 0.6 is 11.3 Å². The molecule has 0 bridgehead atoms. The van der Waals surface area contributed by atoms with Gasteiger partial charge in [-0.15, -0.1) is 11.3 Å². The lowest BCUT2D eigenvalue weighted by atomic mass is 10.1. The predicted molar refractivity (Wildman–Crippen MR) is 94.1 cm³/mol. The van der Waals surface area contributed by atoms with Crippen molar-refractivity contribution in [1.29, 1.82) is 0 Å². The van der Waals surface area contributed by atoms with Crippen LogP contribution in [0.3, 0.4) is 0 Å². The molecule has 2 amide bonds. The number of urea groups is 1. The smallest absolute Gasteiger partial charge is 0.317 e. The summed E-state index contributed by atoms with van der Waals surface area (Å²) in [6, 6.07) is 7.69. The molecule has 1 aliphatic rings. The van der Waals surface area contributed by atoms with Crippen molar-refractivity contribution < 1.29 is 14.3 Å². The second-order valence-electron chi connectivity index (χ2n) is 6.36. The Bertz CT molecular complexity index is 627. The zero-order chi connectivity index (χ0) is 16.9. The Morgan fingerprint density at radius 3 is 3.08 bits per heavy atom. The second-order valence-corrected chi connectivity index (χ2v) is 7.34. The summed E-state index contributed by atoms with van der Waals surface area (Å²) >= 11 is 1.71. The number of carbonyl (C=O) groups excluding carboxylic acids is 1. The molecule has 2 aromatic heterocycles. The van der Waals surface area contributed by atoms with Crippen molar-refractivity contribution in [2.24, 2.45) is 0 Å². The van der Waals surface area contributed by atoms with E-state index in [0.29, 0.717) is 24.6 Å². The van der Waals surface area contributed by atoms with E-state index in [1.165, 1.54) is 4.88 Å². The van der Waals surface area contributed by atoms with E-state index < -0.39 is 6.10 Å². The lowest BCUT2D eigenvalue weighted by Gasteiger charge is -2.27. The molecule has 0 radical (unpaired) electrons. The summed E-state index contributed by atoms with van der Waals surface area (Å²) in [5.74, 6) is 0.872. The van der Waals surface area contributed by atoms with Crippen LogP contribution in [-0.4, -0.2) is 35.2 Å². The van der Waals surface area contributed by atoms with Gasteiger partial charge in [-0.25, -0.2) is 4.79 Å². The van der Waals surface area contributed by atoms with Gasteiger partial charge >= 0.3 is 6.03 Å². The first-order chi connectivity index (χ1) is 11.6. The SMILES string of the molecule is CC(CNC(=O)N1CCCC1CC(O)c1ccco1)c1cccs1. The maximum atomic E-state index is 12.5. The maximum Gasteiger partial charge on any atom is 0.317 e. The number of thiophene rings is 1. The molecule has 0 aliphatic carbocycles. The molecule has 3 rings (SSSR count). The van der Waals surface area contributed by atoms with Crippen LogP contribution in [0.4, 0.5) is 4.79 Å². The molecular formula is C18H24N2O3S. The molecule has 0 spiro atoms. The van der Waals surface area contributed by atoms with Gasteiger partial charge in [-0.05, 0) is 36.4 Å². The Labute approximate surface area is 146 Å². The number of carbonyl (C=O) groups is 1. The van der Waals surface area contributed by atoms with Crippen molar-refractivity contribution in [3.63, 3.8) is 0 Å². The normalized spacial score (nSPS) is 20.1. The molecule has 1 saturated heterocycles. The van der Waals surface area contributed by atoms with Gasteiger partial charge in [0.15, 0.2) is 0 Å². The van der Waals surface area contributed by atoms with E-state index in [1.807, 2.05) is 11.0 Å². The summed E-state index contributed by atoms with van der Waals surface area (Å²) in [6.07, 6.45) is 3.31. The summed E-state index contributed by atoms with van der Waals surface area (Å²) in [5.41, 5.74) is 0. The lowest BCUT2D eigenvalue weighted by Crippen LogP contribution is -2.44. The average molecular weight is 348 g/mol. The van der Waals surface area contributed by atoms with E-state index in [9.17, 15) is 9.90 Å². The van der Waals surface area contributed by atoms with E-state index in [2.05, 4.69) is 23.7 Å². The first-order valence-electron chi connectivity index (χ1n) is 8.44. The molecule has 2 aromatic rings. The van der Waals surface area contributed by atoms with Crippen molar-refractivity contribution in [2.45, 2.75) is 44.2 Å². The zero-order valence-corrected chi connectivity index (χ0v) is 14.7. The minimum absolute atomic E-state index is 0.0347. The fraction of sp³-hybridized carbons (Fsp3) is 0.500. The number of likely N-dealkylation sites (tertiary alicyclic amines) is 1. The Hall–Kier alpha value is -1.79. The van der Waals surface area contributed by atoms with Gasteiger partial charge < -0.3 is 19.7 Å². The van der Waals surface area contributed by atoms with Crippen LogP contribution < -0.4 is 5.32 Å². The summed E-state index contributed by atoms with van der Waals surface area (Å²) < 4.78 is 5.25. The molecule has 0 saturated carbocycles. The molecule has 0 aromatic carbocycles. The van der Waals surface area contributed by atoms with E-state index >= 15 is 0 Å². The van der Waals surface area contributed by atoms with Crippen LogP contribution in [0, 0.1) is 0 Å². The first-order valence-corrected chi connectivity index (χ1v) is 9.32. The van der Waals surface area contributed by atoms with Crippen molar-refractivity contribution >= 4 is 17.4 Å². The monoisotopic (exact) mass is 348 g/mol. The number of nitrogens with zero attached hydrogens (tertiary/aromatic N) is 1. The molecule has 24 heavy (non-hydrogen) atoms. The zero-order valence-electron chi connectivity index (χ0n) is 13.9. The summed E-state index contributed by atoms with van der Waals surface area (Å²) in [4.78, 5) is 15.6. The van der Waals surface area contributed by atoms with Crippen molar-refractivity contribution in [2.75, 3.05) is 13.1 Å².